The summed E-state index contributed by atoms with van der Waals surface area (Å²) in [5.74, 6) is 0. The van der Waals surface area contributed by atoms with Gasteiger partial charge in [0.05, 0.1) is 84.4 Å². The van der Waals surface area contributed by atoms with E-state index in [4.69, 9.17) is 80.5 Å². The van der Waals surface area contributed by atoms with Crippen LogP contribution in [0.5, 0.6) is 0 Å². The highest BCUT2D eigenvalue weighted by molar-refractivity contribution is 5.02. The summed E-state index contributed by atoms with van der Waals surface area (Å²) in [5.41, 5.74) is 0. The summed E-state index contributed by atoms with van der Waals surface area (Å²) in [6, 6.07) is 0. The van der Waals surface area contributed by atoms with Crippen LogP contribution in [-0.2, 0) is 80.5 Å². The zero-order valence-electron chi connectivity index (χ0n) is 48.3. The summed E-state index contributed by atoms with van der Waals surface area (Å²) < 4.78 is 101. The lowest BCUT2D eigenvalue weighted by atomic mass is 9.95. The lowest BCUT2D eigenvalue weighted by molar-refractivity contribution is -0.400. The van der Waals surface area contributed by atoms with Crippen LogP contribution < -0.4 is 0 Å². The number of aliphatic hydroxyl groups excluding tert-OH is 21. The van der Waals surface area contributed by atoms with Crippen molar-refractivity contribution < 1.29 is 188 Å². The third kappa shape index (κ3) is 16.2. The Morgan fingerprint density at radius 1 is 0.236 bits per heavy atom. The molecule has 0 amide bonds. The van der Waals surface area contributed by atoms with E-state index in [1.54, 1.807) is 0 Å². The molecule has 38 nitrogen and oxygen atoms in total. The maximum absolute atomic E-state index is 12.2. The first-order chi connectivity index (χ1) is 42.3. The summed E-state index contributed by atoms with van der Waals surface area (Å²) in [6.45, 7) is -5.18. The third-order valence-electron chi connectivity index (χ3n) is 16.3. The lowest BCUT2D eigenvalue weighted by Gasteiger charge is -2.51. The minimum Gasteiger partial charge on any atom is -0.394 e. The fourth-order valence-corrected chi connectivity index (χ4v) is 11.7. The Labute approximate surface area is 507 Å². The van der Waals surface area contributed by atoms with Crippen LogP contribution in [0.15, 0.2) is 0 Å². The van der Waals surface area contributed by atoms with Crippen molar-refractivity contribution >= 4 is 0 Å². The molecule has 0 aromatic rings. The van der Waals surface area contributed by atoms with E-state index in [1.807, 2.05) is 0 Å². The molecule has 14 bridgehead atoms. The Bertz CT molecular complexity index is 2090. The lowest BCUT2D eigenvalue weighted by Crippen LogP contribution is -2.69. The van der Waals surface area contributed by atoms with Gasteiger partial charge in [0.15, 0.2) is 44.0 Å². The first-order valence-corrected chi connectivity index (χ1v) is 29.1. The molecule has 21 aliphatic heterocycles. The topological polar surface area (TPSA) is 582 Å². The summed E-state index contributed by atoms with van der Waals surface area (Å²) in [5, 5.41) is 234. The van der Waals surface area contributed by atoms with Gasteiger partial charge < -0.3 is 188 Å². The molecule has 21 heterocycles. The monoisotopic (exact) mass is 1310 g/mol. The standard InChI is InChI=1S/C51H88O38/c1-14(59)11-73-42-32(70)39-21(8-56)80-49(42)87-37-19(6-54)78-46(30(68)26(37)64)84-35-17(4-52)76-45(28(66)24(35)62)83-36-18(5-53)77-47(29(67)25(36)63)85-40-22(9-57)81-51(43(33(40)71)74-12-15(2)60)89-41-23(10-58)82-50(44(34(41)72)75-13-16(3)61)88-38-20(7-55)79-48(86-39)31(69)27(38)65/h14-72H,4-13H2,1-3H3. The molecule has 38 unspecified atom stereocenters. The Kier molecular flexibility index (Phi) is 26.7. The number of hydrogen-bond acceptors (Lipinski definition) is 38. The summed E-state index contributed by atoms with van der Waals surface area (Å²) in [6.07, 6.45) is -72.4. The number of rotatable bonds is 16. The summed E-state index contributed by atoms with van der Waals surface area (Å²) in [7, 11) is 0. The second kappa shape index (κ2) is 32.5. The second-order valence-electron chi connectivity index (χ2n) is 23.1. The van der Waals surface area contributed by atoms with Crippen LogP contribution in [0, 0.1) is 0 Å². The molecule has 0 aliphatic carbocycles. The van der Waals surface area contributed by atoms with E-state index in [2.05, 4.69) is 0 Å². The maximum Gasteiger partial charge on any atom is 0.187 e. The Balaban J connectivity index is 1.15. The maximum atomic E-state index is 12.2. The van der Waals surface area contributed by atoms with Crippen molar-refractivity contribution in [2.45, 2.75) is 254 Å². The molecule has 38 heteroatoms. The molecule has 0 saturated carbocycles. The molecule has 21 aliphatic rings. The minimum absolute atomic E-state index is 0.573. The highest BCUT2D eigenvalue weighted by Gasteiger charge is 2.60. The van der Waals surface area contributed by atoms with Gasteiger partial charge in [-0.05, 0) is 20.8 Å². The number of aliphatic hydroxyl groups is 21. The van der Waals surface area contributed by atoms with Crippen LogP contribution in [-0.4, -0.2) is 407 Å². The Morgan fingerprint density at radius 3 is 0.562 bits per heavy atom. The molecule has 21 fully saturated rings. The summed E-state index contributed by atoms with van der Waals surface area (Å²) >= 11 is 0. The molecule has 89 heavy (non-hydrogen) atoms. The van der Waals surface area contributed by atoms with Gasteiger partial charge in [-0.1, -0.05) is 0 Å². The van der Waals surface area contributed by atoms with Gasteiger partial charge in [-0.3, -0.25) is 0 Å². The first-order valence-electron chi connectivity index (χ1n) is 29.1. The smallest absolute Gasteiger partial charge is 0.187 e. The average molecular weight is 1310 g/mol. The van der Waals surface area contributed by atoms with Gasteiger partial charge in [-0.25, -0.2) is 0 Å². The van der Waals surface area contributed by atoms with Crippen molar-refractivity contribution in [1.82, 2.24) is 0 Å². The second-order valence-corrected chi connectivity index (χ2v) is 23.1. The molecule has 21 saturated heterocycles. The largest absolute Gasteiger partial charge is 0.394 e. The molecule has 0 radical (unpaired) electrons. The molecule has 0 aromatic heterocycles. The number of hydrogen-bond donors (Lipinski definition) is 21. The van der Waals surface area contributed by atoms with E-state index in [-0.39, 0.29) is 0 Å². The van der Waals surface area contributed by atoms with Crippen LogP contribution >= 0.6 is 0 Å². The molecule has 0 spiro atoms. The molecule has 21 N–H and O–H groups in total. The van der Waals surface area contributed by atoms with Gasteiger partial charge in [0, 0.05) is 0 Å². The van der Waals surface area contributed by atoms with Gasteiger partial charge in [-0.2, -0.15) is 0 Å². The van der Waals surface area contributed by atoms with E-state index in [0.29, 0.717) is 0 Å². The van der Waals surface area contributed by atoms with Crippen molar-refractivity contribution in [3.63, 3.8) is 0 Å². The zero-order chi connectivity index (χ0) is 65.0. The predicted octanol–water partition coefficient (Wildman–Crippen LogP) is -14.0. The van der Waals surface area contributed by atoms with Crippen molar-refractivity contribution in [2.75, 3.05) is 66.1 Å². The van der Waals surface area contributed by atoms with Crippen molar-refractivity contribution in [3.05, 3.63) is 0 Å². The van der Waals surface area contributed by atoms with Crippen LogP contribution in [0.1, 0.15) is 20.8 Å². The number of ether oxygens (including phenoxy) is 17. The summed E-state index contributed by atoms with van der Waals surface area (Å²) in [4.78, 5) is 0. The van der Waals surface area contributed by atoms with Gasteiger partial charge >= 0.3 is 0 Å². The predicted molar refractivity (Wildman–Crippen MR) is 275 cm³/mol. The van der Waals surface area contributed by atoms with Crippen LogP contribution in [0.4, 0.5) is 0 Å². The van der Waals surface area contributed by atoms with Gasteiger partial charge in [-0.15, -0.1) is 0 Å². The van der Waals surface area contributed by atoms with E-state index >= 15 is 0 Å². The van der Waals surface area contributed by atoms with E-state index in [9.17, 15) is 107 Å². The van der Waals surface area contributed by atoms with E-state index in [1.165, 1.54) is 20.8 Å². The molecule has 520 valence electrons. The molecule has 38 atom stereocenters. The van der Waals surface area contributed by atoms with Crippen molar-refractivity contribution in [1.29, 1.82) is 0 Å². The highest BCUT2D eigenvalue weighted by Crippen LogP contribution is 2.40. The highest BCUT2D eigenvalue weighted by atomic mass is 16.8. The Morgan fingerprint density at radius 2 is 0.393 bits per heavy atom. The fourth-order valence-electron chi connectivity index (χ4n) is 11.7. The normalized spacial score (nSPS) is 50.6. The van der Waals surface area contributed by atoms with Gasteiger partial charge in [0.25, 0.3) is 0 Å². The SMILES string of the molecule is CC(O)COC1C2OC(CO)C(OC3OC(CO)C(OC4OC(CO)C(OC5OC(CO)C(OC6OC(CO)C(OC7OC(CO)C(OC8OC(CO)C(O2)C(O)C8O)C(O)C7O)C(O)C6O)C(O)C5OCC(C)O)C(O)C4OCC(C)O)C(O)C3O)C1O. The van der Waals surface area contributed by atoms with E-state index in [0.717, 1.165) is 0 Å². The first kappa shape index (κ1) is 73.3. The van der Waals surface area contributed by atoms with E-state index < -0.39 is 299 Å². The van der Waals surface area contributed by atoms with Crippen molar-refractivity contribution in [2.24, 2.45) is 0 Å². The van der Waals surface area contributed by atoms with Gasteiger partial charge in [0.1, 0.15) is 171 Å². The quantitative estimate of drug-likeness (QED) is 0.0682. The molecule has 21 rings (SSSR count). The minimum atomic E-state index is -2.23. The average Bonchev–Trinajstić information content (AvgIpc) is 0.998. The molecule has 0 aromatic carbocycles. The third-order valence-corrected chi connectivity index (χ3v) is 16.3. The van der Waals surface area contributed by atoms with Crippen LogP contribution in [0.25, 0.3) is 0 Å². The fraction of sp³-hybridized carbons (Fsp3) is 1.00. The van der Waals surface area contributed by atoms with Gasteiger partial charge in [0.2, 0.25) is 0 Å². The van der Waals surface area contributed by atoms with Crippen LogP contribution in [0.3, 0.4) is 0 Å². The van der Waals surface area contributed by atoms with Crippen LogP contribution in [0.2, 0.25) is 0 Å². The zero-order valence-corrected chi connectivity index (χ0v) is 48.3. The molecular formula is C51H88O38. The van der Waals surface area contributed by atoms with Crippen molar-refractivity contribution in [3.8, 4) is 0 Å². The molecular weight excluding hydrogens is 1220 g/mol. The Hall–Kier alpha value is -1.52.